The van der Waals surface area contributed by atoms with Gasteiger partial charge in [-0.2, -0.15) is 0 Å². The molecule has 0 heterocycles. The normalized spacial score (nSPS) is 13.7. The molecule has 8 heteroatoms. The van der Waals surface area contributed by atoms with Crippen LogP contribution in [0.3, 0.4) is 0 Å². The van der Waals surface area contributed by atoms with Crippen LogP contribution in [0.5, 0.6) is 0 Å². The quantitative estimate of drug-likeness (QED) is 0.0669. The molecule has 0 rings (SSSR count). The molecule has 0 aliphatic heterocycles. The zero-order valence-electron chi connectivity index (χ0n) is 22.5. The molecule has 0 aliphatic rings. The van der Waals surface area contributed by atoms with Gasteiger partial charge in [0.05, 0.1) is 19.8 Å². The summed E-state index contributed by atoms with van der Waals surface area (Å²) in [7, 11) is -3.63. The summed E-state index contributed by atoms with van der Waals surface area (Å²) < 4.78 is 30.4. The van der Waals surface area contributed by atoms with Gasteiger partial charge >= 0.3 is 13.8 Å². The van der Waals surface area contributed by atoms with Crippen LogP contribution in [0, 0.1) is 5.41 Å². The molecule has 0 spiro atoms. The maximum absolute atomic E-state index is 13.8. The van der Waals surface area contributed by atoms with E-state index in [-0.39, 0.29) is 13.2 Å². The highest BCUT2D eigenvalue weighted by Gasteiger charge is 2.52. The fourth-order valence-electron chi connectivity index (χ4n) is 3.58. The van der Waals surface area contributed by atoms with Gasteiger partial charge in [0.15, 0.2) is 5.78 Å². The number of hydrogen-bond donors (Lipinski definition) is 0. The maximum Gasteiger partial charge on any atom is 0.527 e. The van der Waals surface area contributed by atoms with Crippen LogP contribution in [0.15, 0.2) is 12.7 Å². The summed E-state index contributed by atoms with van der Waals surface area (Å²) in [6, 6.07) is 0. The average molecular weight is 492 g/mol. The van der Waals surface area contributed by atoms with E-state index in [1.165, 1.54) is 30.7 Å². The number of allylic oxidation sites excluding steroid dienone is 1. The SMILES string of the molecule is C=CCCCCCCCCCOC(=O)ON(C(C(C)(C)C)P(=O)(OCC)OCC)C(C)(C)C. The lowest BCUT2D eigenvalue weighted by molar-refractivity contribution is -0.206. The summed E-state index contributed by atoms with van der Waals surface area (Å²) in [4.78, 5) is 18.2. The lowest BCUT2D eigenvalue weighted by Crippen LogP contribution is -2.54. The van der Waals surface area contributed by atoms with Gasteiger partial charge in [0.2, 0.25) is 0 Å². The maximum atomic E-state index is 13.8. The first-order chi connectivity index (χ1) is 15.3. The first-order valence-corrected chi connectivity index (χ1v) is 14.1. The molecule has 196 valence electrons. The Balaban J connectivity index is 4.98. The molecule has 0 saturated heterocycles. The molecular formula is C25H50NO6P. The van der Waals surface area contributed by atoms with E-state index in [1.54, 1.807) is 13.8 Å². The van der Waals surface area contributed by atoms with Crippen molar-refractivity contribution >= 4 is 13.8 Å². The van der Waals surface area contributed by atoms with E-state index in [1.807, 2.05) is 47.6 Å². The van der Waals surface area contributed by atoms with Crippen LogP contribution >= 0.6 is 7.60 Å². The van der Waals surface area contributed by atoms with Gasteiger partial charge in [-0.1, -0.05) is 59.0 Å². The first kappa shape index (κ1) is 32.1. The molecule has 0 saturated carbocycles. The Morgan fingerprint density at radius 2 is 1.39 bits per heavy atom. The Kier molecular flexibility index (Phi) is 15.5. The lowest BCUT2D eigenvalue weighted by Gasteiger charge is -2.46. The second kappa shape index (κ2) is 15.9. The number of hydroxylamine groups is 2. The second-order valence-corrected chi connectivity index (χ2v) is 12.4. The van der Waals surface area contributed by atoms with Crippen molar-refractivity contribution < 1.29 is 28.0 Å². The average Bonchev–Trinajstić information content (AvgIpc) is 2.67. The van der Waals surface area contributed by atoms with E-state index in [2.05, 4.69) is 6.58 Å². The number of hydrogen-bond acceptors (Lipinski definition) is 7. The van der Waals surface area contributed by atoms with Gasteiger partial charge in [0, 0.05) is 5.54 Å². The van der Waals surface area contributed by atoms with Gasteiger partial charge in [0.1, 0.15) is 0 Å². The summed E-state index contributed by atoms with van der Waals surface area (Å²) in [5, 5.41) is 1.44. The van der Waals surface area contributed by atoms with Crippen molar-refractivity contribution in [3.63, 3.8) is 0 Å². The Bertz CT molecular complexity index is 587. The van der Waals surface area contributed by atoms with Crippen molar-refractivity contribution in [2.45, 2.75) is 118 Å². The fourth-order valence-corrected chi connectivity index (χ4v) is 6.26. The molecule has 0 bridgehead atoms. The van der Waals surface area contributed by atoms with Gasteiger partial charge in [-0.25, -0.2) is 4.79 Å². The molecule has 0 aromatic rings. The van der Waals surface area contributed by atoms with Crippen molar-refractivity contribution in [2.24, 2.45) is 5.41 Å². The van der Waals surface area contributed by atoms with Crippen molar-refractivity contribution in [3.05, 3.63) is 12.7 Å². The van der Waals surface area contributed by atoms with Gasteiger partial charge in [0.25, 0.3) is 0 Å². The van der Waals surface area contributed by atoms with Gasteiger partial charge in [-0.3, -0.25) is 4.57 Å². The molecule has 1 unspecified atom stereocenters. The van der Waals surface area contributed by atoms with E-state index in [0.717, 1.165) is 25.7 Å². The molecule has 1 atom stereocenters. The predicted molar refractivity (Wildman–Crippen MR) is 135 cm³/mol. The Morgan fingerprint density at radius 3 is 1.82 bits per heavy atom. The molecular weight excluding hydrogens is 441 g/mol. The molecule has 0 amide bonds. The van der Waals surface area contributed by atoms with Crippen molar-refractivity contribution in [1.29, 1.82) is 0 Å². The molecule has 33 heavy (non-hydrogen) atoms. The standard InChI is InChI=1S/C25H50NO6P/c1-10-13-14-15-16-17-18-19-20-21-29-23(27)32-26(25(7,8)9)22(24(4,5)6)33(28,30-11-2)31-12-3/h10,22H,1,11-21H2,2-9H3. The van der Waals surface area contributed by atoms with E-state index in [9.17, 15) is 9.36 Å². The van der Waals surface area contributed by atoms with E-state index >= 15 is 0 Å². The van der Waals surface area contributed by atoms with Crippen molar-refractivity contribution in [3.8, 4) is 0 Å². The Morgan fingerprint density at radius 1 is 0.909 bits per heavy atom. The minimum absolute atomic E-state index is 0.223. The van der Waals surface area contributed by atoms with Gasteiger partial charge in [-0.05, 0) is 59.3 Å². The van der Waals surface area contributed by atoms with Crippen LogP contribution < -0.4 is 0 Å². The van der Waals surface area contributed by atoms with Crippen LogP contribution in [0.1, 0.15) is 107 Å². The Labute approximate surface area is 203 Å². The molecule has 0 fully saturated rings. The fraction of sp³-hybridized carbons (Fsp3) is 0.880. The number of nitrogens with zero attached hydrogens (tertiary/aromatic N) is 1. The monoisotopic (exact) mass is 491 g/mol. The molecule has 0 aromatic heterocycles. The molecule has 0 aliphatic carbocycles. The summed E-state index contributed by atoms with van der Waals surface area (Å²) in [6.07, 6.45) is 10.0. The van der Waals surface area contributed by atoms with Gasteiger partial charge in [-0.15, -0.1) is 11.6 Å². The first-order valence-electron chi connectivity index (χ1n) is 12.5. The largest absolute Gasteiger partial charge is 0.527 e. The highest BCUT2D eigenvalue weighted by Crippen LogP contribution is 2.60. The molecule has 0 aromatic carbocycles. The number of ether oxygens (including phenoxy) is 1. The number of carbonyl (C=O) groups excluding carboxylic acids is 1. The zero-order valence-corrected chi connectivity index (χ0v) is 23.4. The van der Waals surface area contributed by atoms with Crippen LogP contribution in [0.25, 0.3) is 0 Å². The molecule has 0 N–H and O–H groups in total. The summed E-state index contributed by atoms with van der Waals surface area (Å²) in [6.45, 7) is 19.4. The molecule has 7 nitrogen and oxygen atoms in total. The van der Waals surface area contributed by atoms with Crippen LogP contribution in [0.4, 0.5) is 4.79 Å². The highest BCUT2D eigenvalue weighted by molar-refractivity contribution is 7.54. The minimum Gasteiger partial charge on any atom is -0.433 e. The summed E-state index contributed by atoms with van der Waals surface area (Å²) >= 11 is 0. The summed E-state index contributed by atoms with van der Waals surface area (Å²) in [5.74, 6) is -0.807. The van der Waals surface area contributed by atoms with Gasteiger partial charge < -0.3 is 18.6 Å². The third kappa shape index (κ3) is 13.0. The summed E-state index contributed by atoms with van der Waals surface area (Å²) in [5.41, 5.74) is -1.23. The van der Waals surface area contributed by atoms with E-state index in [0.29, 0.717) is 6.61 Å². The van der Waals surface area contributed by atoms with Crippen LogP contribution in [-0.2, 0) is 23.2 Å². The van der Waals surface area contributed by atoms with Crippen LogP contribution in [-0.4, -0.2) is 42.4 Å². The minimum atomic E-state index is -3.63. The topological polar surface area (TPSA) is 74.3 Å². The second-order valence-electron chi connectivity index (χ2n) is 10.4. The number of carbonyl (C=O) groups is 1. The predicted octanol–water partition coefficient (Wildman–Crippen LogP) is 8.10. The lowest BCUT2D eigenvalue weighted by atomic mass is 9.94. The molecule has 0 radical (unpaired) electrons. The van der Waals surface area contributed by atoms with Crippen molar-refractivity contribution in [1.82, 2.24) is 5.06 Å². The number of unbranched alkanes of at least 4 members (excludes halogenated alkanes) is 7. The Hall–Kier alpha value is -0.880. The third-order valence-corrected chi connectivity index (χ3v) is 7.84. The highest BCUT2D eigenvalue weighted by atomic mass is 31.2. The van der Waals surface area contributed by atoms with Crippen molar-refractivity contribution in [2.75, 3.05) is 19.8 Å². The smallest absolute Gasteiger partial charge is 0.433 e. The van der Waals surface area contributed by atoms with E-state index < -0.39 is 30.5 Å². The number of rotatable bonds is 17. The van der Waals surface area contributed by atoms with Crippen LogP contribution in [0.2, 0.25) is 0 Å². The van der Waals surface area contributed by atoms with E-state index in [4.69, 9.17) is 18.6 Å². The third-order valence-electron chi connectivity index (χ3n) is 5.02. The zero-order chi connectivity index (χ0) is 25.5.